The number of tetrazole rings is 1. The maximum atomic E-state index is 12.9. The van der Waals surface area contributed by atoms with Gasteiger partial charge in [-0.25, -0.2) is 0 Å². The number of hydrogen-bond acceptors (Lipinski definition) is 5. The van der Waals surface area contributed by atoms with Crippen molar-refractivity contribution in [3.63, 3.8) is 0 Å². The van der Waals surface area contributed by atoms with E-state index in [2.05, 4.69) is 45.0 Å². The van der Waals surface area contributed by atoms with E-state index in [-0.39, 0.29) is 5.91 Å². The molecule has 1 atom stereocenters. The Bertz CT molecular complexity index is 847. The number of nitrogens with one attached hydrogen (secondary N) is 2. The van der Waals surface area contributed by atoms with E-state index in [9.17, 15) is 4.79 Å². The van der Waals surface area contributed by atoms with Crippen LogP contribution in [0.3, 0.4) is 0 Å². The molecule has 0 radical (unpaired) electrons. The lowest BCUT2D eigenvalue weighted by Crippen LogP contribution is -2.24. The van der Waals surface area contributed by atoms with Gasteiger partial charge in [0.2, 0.25) is 5.91 Å². The SMILES string of the molecule is CCc1ccc(CC(C(=O)Nc2cccc(OC)c2)c2nn[nH]n2)cc1. The average Bonchev–Trinajstić information content (AvgIpc) is 3.21. The van der Waals surface area contributed by atoms with Crippen LogP contribution in [0.15, 0.2) is 48.5 Å². The summed E-state index contributed by atoms with van der Waals surface area (Å²) in [5, 5.41) is 16.9. The maximum Gasteiger partial charge on any atom is 0.235 e. The van der Waals surface area contributed by atoms with Crippen LogP contribution in [0.25, 0.3) is 0 Å². The van der Waals surface area contributed by atoms with E-state index in [0.29, 0.717) is 23.7 Å². The first-order valence-corrected chi connectivity index (χ1v) is 8.45. The van der Waals surface area contributed by atoms with Gasteiger partial charge >= 0.3 is 0 Å². The van der Waals surface area contributed by atoms with Gasteiger partial charge in [-0.05, 0) is 36.1 Å². The molecular formula is C19H21N5O2. The molecular weight excluding hydrogens is 330 g/mol. The summed E-state index contributed by atoms with van der Waals surface area (Å²) in [6, 6.07) is 15.4. The van der Waals surface area contributed by atoms with E-state index >= 15 is 0 Å². The van der Waals surface area contributed by atoms with Crippen LogP contribution in [0, 0.1) is 0 Å². The van der Waals surface area contributed by atoms with E-state index in [1.54, 1.807) is 13.2 Å². The van der Waals surface area contributed by atoms with Gasteiger partial charge in [0, 0.05) is 11.8 Å². The van der Waals surface area contributed by atoms with Crippen molar-refractivity contribution in [2.24, 2.45) is 0 Å². The molecule has 3 rings (SSSR count). The lowest BCUT2D eigenvalue weighted by atomic mass is 9.96. The number of aryl methyl sites for hydroxylation is 1. The van der Waals surface area contributed by atoms with Crippen molar-refractivity contribution in [3.8, 4) is 5.75 Å². The van der Waals surface area contributed by atoms with E-state index in [1.807, 2.05) is 30.3 Å². The fraction of sp³-hybridized carbons (Fsp3) is 0.263. The average molecular weight is 351 g/mol. The van der Waals surface area contributed by atoms with Crippen LogP contribution in [0.4, 0.5) is 5.69 Å². The number of nitrogens with zero attached hydrogens (tertiary/aromatic N) is 3. The minimum Gasteiger partial charge on any atom is -0.497 e. The Morgan fingerprint density at radius 2 is 1.96 bits per heavy atom. The topological polar surface area (TPSA) is 92.8 Å². The van der Waals surface area contributed by atoms with Crippen molar-refractivity contribution < 1.29 is 9.53 Å². The summed E-state index contributed by atoms with van der Waals surface area (Å²) in [5.74, 6) is 0.297. The van der Waals surface area contributed by atoms with Crippen LogP contribution >= 0.6 is 0 Å². The number of amides is 1. The highest BCUT2D eigenvalue weighted by Crippen LogP contribution is 2.22. The zero-order valence-electron chi connectivity index (χ0n) is 14.8. The molecule has 7 heteroatoms. The van der Waals surface area contributed by atoms with Gasteiger partial charge in [0.05, 0.1) is 7.11 Å². The lowest BCUT2D eigenvalue weighted by molar-refractivity contribution is -0.117. The third kappa shape index (κ3) is 4.24. The molecule has 0 aliphatic carbocycles. The summed E-state index contributed by atoms with van der Waals surface area (Å²) < 4.78 is 5.20. The van der Waals surface area contributed by atoms with Gasteiger partial charge in [-0.3, -0.25) is 4.79 Å². The molecule has 0 aliphatic rings. The third-order valence-corrected chi connectivity index (χ3v) is 4.20. The largest absolute Gasteiger partial charge is 0.497 e. The van der Waals surface area contributed by atoms with Gasteiger partial charge < -0.3 is 10.1 Å². The van der Waals surface area contributed by atoms with Crippen molar-refractivity contribution in [2.75, 3.05) is 12.4 Å². The van der Waals surface area contributed by atoms with E-state index in [4.69, 9.17) is 4.74 Å². The summed E-state index contributed by atoms with van der Waals surface area (Å²) >= 11 is 0. The molecule has 0 aliphatic heterocycles. The zero-order valence-corrected chi connectivity index (χ0v) is 14.8. The number of rotatable bonds is 7. The molecule has 7 nitrogen and oxygen atoms in total. The molecule has 1 aromatic heterocycles. The van der Waals surface area contributed by atoms with Gasteiger partial charge in [-0.1, -0.05) is 42.5 Å². The summed E-state index contributed by atoms with van der Waals surface area (Å²) in [6.07, 6.45) is 1.46. The van der Waals surface area contributed by atoms with E-state index in [0.717, 1.165) is 12.0 Å². The number of anilines is 1. The van der Waals surface area contributed by atoms with Crippen molar-refractivity contribution >= 4 is 11.6 Å². The fourth-order valence-electron chi connectivity index (χ4n) is 2.70. The molecule has 134 valence electrons. The summed E-state index contributed by atoms with van der Waals surface area (Å²) in [7, 11) is 1.59. The first-order chi connectivity index (χ1) is 12.7. The molecule has 1 heterocycles. The molecule has 2 aromatic carbocycles. The highest BCUT2D eigenvalue weighted by molar-refractivity contribution is 5.95. The third-order valence-electron chi connectivity index (χ3n) is 4.20. The minimum absolute atomic E-state index is 0.195. The van der Waals surface area contributed by atoms with Crippen molar-refractivity contribution in [2.45, 2.75) is 25.7 Å². The number of aromatic amines is 1. The molecule has 2 N–H and O–H groups in total. The number of carbonyl (C=O) groups is 1. The first kappa shape index (κ1) is 17.6. The molecule has 0 fully saturated rings. The Hall–Kier alpha value is -3.22. The highest BCUT2D eigenvalue weighted by Gasteiger charge is 2.25. The van der Waals surface area contributed by atoms with Crippen LogP contribution < -0.4 is 10.1 Å². The highest BCUT2D eigenvalue weighted by atomic mass is 16.5. The molecule has 0 spiro atoms. The van der Waals surface area contributed by atoms with Crippen molar-refractivity contribution in [3.05, 3.63) is 65.5 Å². The van der Waals surface area contributed by atoms with Crippen LogP contribution in [-0.4, -0.2) is 33.6 Å². The van der Waals surface area contributed by atoms with Gasteiger partial charge in [0.1, 0.15) is 11.7 Å². The Labute approximate surface area is 151 Å². The molecule has 0 saturated heterocycles. The van der Waals surface area contributed by atoms with Crippen molar-refractivity contribution in [1.82, 2.24) is 20.6 Å². The minimum atomic E-state index is -0.549. The number of carbonyl (C=O) groups excluding carboxylic acids is 1. The van der Waals surface area contributed by atoms with E-state index in [1.165, 1.54) is 5.56 Å². The fourth-order valence-corrected chi connectivity index (χ4v) is 2.70. The number of hydrogen-bond donors (Lipinski definition) is 2. The van der Waals surface area contributed by atoms with Crippen LogP contribution in [-0.2, 0) is 17.6 Å². The lowest BCUT2D eigenvalue weighted by Gasteiger charge is -2.14. The molecule has 1 amide bonds. The predicted molar refractivity (Wildman–Crippen MR) is 98.1 cm³/mol. The van der Waals surface area contributed by atoms with Crippen LogP contribution in [0.1, 0.15) is 29.8 Å². The first-order valence-electron chi connectivity index (χ1n) is 8.45. The van der Waals surface area contributed by atoms with Gasteiger partial charge in [-0.15, -0.1) is 10.2 Å². The van der Waals surface area contributed by atoms with Gasteiger partial charge in [-0.2, -0.15) is 5.21 Å². The second kappa shape index (κ2) is 8.24. The molecule has 26 heavy (non-hydrogen) atoms. The number of ether oxygens (including phenoxy) is 1. The normalized spacial score (nSPS) is 11.8. The number of methoxy groups -OCH3 is 1. The number of benzene rings is 2. The monoisotopic (exact) mass is 351 g/mol. The van der Waals surface area contributed by atoms with Crippen LogP contribution in [0.5, 0.6) is 5.75 Å². The quantitative estimate of drug-likeness (QED) is 0.683. The summed E-state index contributed by atoms with van der Waals surface area (Å²) in [4.78, 5) is 12.9. The maximum absolute atomic E-state index is 12.9. The predicted octanol–water partition coefficient (Wildman–Crippen LogP) is 2.74. The number of H-pyrrole nitrogens is 1. The molecule has 1 unspecified atom stereocenters. The molecule has 0 saturated carbocycles. The Morgan fingerprint density at radius 3 is 2.62 bits per heavy atom. The standard InChI is InChI=1S/C19H21N5O2/c1-3-13-7-9-14(10-8-13)11-17(18-21-23-24-22-18)19(25)20-15-5-4-6-16(12-15)26-2/h4-10,12,17H,3,11H2,1-2H3,(H,20,25)(H,21,22,23,24). The Balaban J connectivity index is 1.80. The second-order valence-electron chi connectivity index (χ2n) is 5.92. The van der Waals surface area contributed by atoms with Crippen LogP contribution in [0.2, 0.25) is 0 Å². The smallest absolute Gasteiger partial charge is 0.235 e. The summed E-state index contributed by atoms with van der Waals surface area (Å²) in [6.45, 7) is 2.11. The summed E-state index contributed by atoms with van der Waals surface area (Å²) in [5.41, 5.74) is 2.95. The zero-order chi connectivity index (χ0) is 18.4. The van der Waals surface area contributed by atoms with Gasteiger partial charge in [0.15, 0.2) is 5.82 Å². The second-order valence-corrected chi connectivity index (χ2v) is 5.92. The van der Waals surface area contributed by atoms with Crippen molar-refractivity contribution in [1.29, 1.82) is 0 Å². The molecule has 0 bridgehead atoms. The van der Waals surface area contributed by atoms with Gasteiger partial charge in [0.25, 0.3) is 0 Å². The number of aromatic nitrogens is 4. The molecule has 3 aromatic rings. The van der Waals surface area contributed by atoms with E-state index < -0.39 is 5.92 Å². The Morgan fingerprint density at radius 1 is 1.19 bits per heavy atom. The Kier molecular flexibility index (Phi) is 5.58.